The zero-order chi connectivity index (χ0) is 19.7. The van der Waals surface area contributed by atoms with E-state index in [1.807, 2.05) is 0 Å². The van der Waals surface area contributed by atoms with Crippen molar-refractivity contribution in [1.82, 2.24) is 0 Å². The molecule has 1 aromatic rings. The lowest BCUT2D eigenvalue weighted by atomic mass is 9.65. The van der Waals surface area contributed by atoms with E-state index < -0.39 is 11.6 Å². The first-order valence-electron chi connectivity index (χ1n) is 11.3. The normalized spacial score (nSPS) is 28.6. The van der Waals surface area contributed by atoms with Crippen LogP contribution in [0, 0.1) is 49.2 Å². The Morgan fingerprint density at radius 3 is 2.04 bits per heavy atom. The van der Waals surface area contributed by atoms with E-state index in [-0.39, 0.29) is 5.75 Å². The third-order valence-electron chi connectivity index (χ3n) is 7.78. The van der Waals surface area contributed by atoms with Crippen molar-refractivity contribution in [2.24, 2.45) is 23.7 Å². The summed E-state index contributed by atoms with van der Waals surface area (Å²) in [4.78, 5) is 0. The van der Waals surface area contributed by atoms with Crippen molar-refractivity contribution < 1.29 is 13.5 Å². The van der Waals surface area contributed by atoms with Gasteiger partial charge in [0.15, 0.2) is 11.6 Å². The van der Waals surface area contributed by atoms with Crippen LogP contribution in [0.3, 0.4) is 0 Å². The van der Waals surface area contributed by atoms with Crippen LogP contribution in [0.5, 0.6) is 5.75 Å². The molecule has 154 valence electrons. The Morgan fingerprint density at radius 1 is 0.821 bits per heavy atom. The second-order valence-electron chi connectivity index (χ2n) is 9.52. The predicted octanol–water partition coefficient (Wildman–Crippen LogP) is 7.29. The Bertz CT molecular complexity index is 727. The fourth-order valence-corrected chi connectivity index (χ4v) is 5.71. The molecular formula is C25H34F2O. The molecule has 3 heteroatoms. The number of aryl methyl sites for hydroxylation is 2. The van der Waals surface area contributed by atoms with E-state index in [2.05, 4.69) is 6.08 Å². The van der Waals surface area contributed by atoms with Gasteiger partial charge in [-0.25, -0.2) is 4.39 Å². The average Bonchev–Trinajstić information content (AvgIpc) is 2.66. The molecule has 2 fully saturated rings. The molecular weight excluding hydrogens is 354 g/mol. The molecule has 3 aliphatic carbocycles. The molecule has 0 heterocycles. The quantitative estimate of drug-likeness (QED) is 0.481. The fourth-order valence-electron chi connectivity index (χ4n) is 5.71. The van der Waals surface area contributed by atoms with Crippen molar-refractivity contribution in [1.29, 1.82) is 0 Å². The van der Waals surface area contributed by atoms with Crippen molar-refractivity contribution in [3.8, 4) is 5.75 Å². The Balaban J connectivity index is 1.27. The number of hydrogen-bond donors (Lipinski definition) is 0. The van der Waals surface area contributed by atoms with Gasteiger partial charge in [0.1, 0.15) is 6.61 Å². The Morgan fingerprint density at radius 2 is 1.46 bits per heavy atom. The number of allylic oxidation sites excluding steroid dienone is 1. The molecule has 4 rings (SSSR count). The van der Waals surface area contributed by atoms with E-state index in [4.69, 9.17) is 4.74 Å². The fraction of sp³-hybridized carbons (Fsp3) is 0.680. The lowest BCUT2D eigenvalue weighted by Crippen LogP contribution is -2.29. The van der Waals surface area contributed by atoms with Gasteiger partial charge in [0.2, 0.25) is 5.82 Å². The van der Waals surface area contributed by atoms with Gasteiger partial charge in [-0.15, -0.1) is 0 Å². The summed E-state index contributed by atoms with van der Waals surface area (Å²) >= 11 is 0. The summed E-state index contributed by atoms with van der Waals surface area (Å²) in [5.74, 6) is 2.18. The number of rotatable bonds is 5. The van der Waals surface area contributed by atoms with Crippen molar-refractivity contribution in [2.45, 2.75) is 78.1 Å². The van der Waals surface area contributed by atoms with E-state index in [0.717, 1.165) is 36.5 Å². The lowest BCUT2D eigenvalue weighted by molar-refractivity contribution is 0.114. The van der Waals surface area contributed by atoms with Gasteiger partial charge < -0.3 is 4.74 Å². The van der Waals surface area contributed by atoms with E-state index in [1.165, 1.54) is 56.9 Å². The average molecular weight is 389 g/mol. The smallest absolute Gasteiger partial charge is 0.201 e. The van der Waals surface area contributed by atoms with Crippen LogP contribution in [0.25, 0.3) is 0 Å². The molecule has 0 spiro atoms. The second-order valence-corrected chi connectivity index (χ2v) is 9.52. The number of hydrogen-bond acceptors (Lipinski definition) is 1. The van der Waals surface area contributed by atoms with Gasteiger partial charge in [0.05, 0.1) is 0 Å². The Hall–Kier alpha value is -1.38. The summed E-state index contributed by atoms with van der Waals surface area (Å²) < 4.78 is 33.7. The molecule has 1 atom stereocenters. The molecule has 1 aromatic carbocycles. The van der Waals surface area contributed by atoms with Crippen LogP contribution >= 0.6 is 0 Å². The van der Waals surface area contributed by atoms with Gasteiger partial charge in [0, 0.05) is 0 Å². The maximum absolute atomic E-state index is 14.2. The van der Waals surface area contributed by atoms with Crippen molar-refractivity contribution in [3.05, 3.63) is 40.5 Å². The minimum absolute atomic E-state index is 0.0699. The van der Waals surface area contributed by atoms with Crippen LogP contribution in [-0.4, -0.2) is 6.61 Å². The summed E-state index contributed by atoms with van der Waals surface area (Å²) in [7, 11) is 0. The highest BCUT2D eigenvalue weighted by Crippen LogP contribution is 2.45. The summed E-state index contributed by atoms with van der Waals surface area (Å²) in [6.07, 6.45) is 15.8. The van der Waals surface area contributed by atoms with Gasteiger partial charge in [-0.3, -0.25) is 0 Å². The molecule has 28 heavy (non-hydrogen) atoms. The number of ether oxygens (including phenoxy) is 1. The van der Waals surface area contributed by atoms with Crippen LogP contribution in [-0.2, 0) is 0 Å². The van der Waals surface area contributed by atoms with E-state index in [9.17, 15) is 8.78 Å². The van der Waals surface area contributed by atoms with Crippen LogP contribution in [0.15, 0.2) is 17.7 Å². The zero-order valence-corrected chi connectivity index (χ0v) is 17.4. The highest BCUT2D eigenvalue weighted by molar-refractivity contribution is 5.38. The van der Waals surface area contributed by atoms with Crippen molar-refractivity contribution >= 4 is 0 Å². The Kier molecular flexibility index (Phi) is 6.08. The topological polar surface area (TPSA) is 9.23 Å². The maximum atomic E-state index is 14.2. The first kappa shape index (κ1) is 19.9. The molecule has 1 nitrogen and oxygen atoms in total. The second kappa shape index (κ2) is 8.55. The summed E-state index contributed by atoms with van der Waals surface area (Å²) in [6, 6.07) is 1.65. The van der Waals surface area contributed by atoms with Gasteiger partial charge in [-0.2, -0.15) is 4.39 Å². The molecule has 0 bridgehead atoms. The SMILES string of the molecule is Cc1cc(C)c(OCC2=CCC(C3CCC(C4CCC4)CC3)CC2)c(F)c1F. The lowest BCUT2D eigenvalue weighted by Gasteiger charge is -2.41. The first-order chi connectivity index (χ1) is 13.5. The summed E-state index contributed by atoms with van der Waals surface area (Å²) in [5.41, 5.74) is 2.22. The molecule has 0 aliphatic heterocycles. The van der Waals surface area contributed by atoms with Gasteiger partial charge in [0.25, 0.3) is 0 Å². The van der Waals surface area contributed by atoms with Crippen LogP contribution in [0.4, 0.5) is 8.78 Å². The largest absolute Gasteiger partial charge is 0.486 e. The highest BCUT2D eigenvalue weighted by atomic mass is 19.2. The monoisotopic (exact) mass is 388 g/mol. The maximum Gasteiger partial charge on any atom is 0.201 e. The molecule has 1 unspecified atom stereocenters. The zero-order valence-electron chi connectivity index (χ0n) is 17.4. The molecule has 0 radical (unpaired) electrons. The van der Waals surface area contributed by atoms with Crippen molar-refractivity contribution in [2.75, 3.05) is 6.61 Å². The highest BCUT2D eigenvalue weighted by Gasteiger charge is 2.33. The molecule has 0 aromatic heterocycles. The summed E-state index contributed by atoms with van der Waals surface area (Å²) in [6.45, 7) is 3.73. The molecule has 3 aliphatic rings. The Labute approximate surface area is 168 Å². The van der Waals surface area contributed by atoms with Gasteiger partial charge >= 0.3 is 0 Å². The van der Waals surface area contributed by atoms with E-state index in [0.29, 0.717) is 17.7 Å². The molecule has 0 amide bonds. The minimum atomic E-state index is -0.852. The van der Waals surface area contributed by atoms with Crippen LogP contribution < -0.4 is 4.74 Å². The summed E-state index contributed by atoms with van der Waals surface area (Å²) in [5, 5.41) is 0. The third-order valence-corrected chi connectivity index (χ3v) is 7.78. The third kappa shape index (κ3) is 4.14. The number of halogens is 2. The first-order valence-corrected chi connectivity index (χ1v) is 11.3. The minimum Gasteiger partial charge on any atom is -0.486 e. The van der Waals surface area contributed by atoms with E-state index >= 15 is 0 Å². The van der Waals surface area contributed by atoms with E-state index in [1.54, 1.807) is 19.9 Å². The molecule has 2 saturated carbocycles. The van der Waals surface area contributed by atoms with Crippen LogP contribution in [0.2, 0.25) is 0 Å². The standard InChI is InChI=1S/C25H34F2O/c1-16-14-17(2)25(24(27)23(16)26)28-15-18-6-8-20(9-7-18)22-12-10-21(11-13-22)19-4-3-5-19/h6,14,19-22H,3-5,7-13,15H2,1-2H3. The van der Waals surface area contributed by atoms with Crippen LogP contribution in [0.1, 0.15) is 75.3 Å². The molecule has 0 saturated heterocycles. The number of benzene rings is 1. The van der Waals surface area contributed by atoms with Gasteiger partial charge in [-0.05, 0) is 105 Å². The predicted molar refractivity (Wildman–Crippen MR) is 110 cm³/mol. The molecule has 0 N–H and O–H groups in total. The van der Waals surface area contributed by atoms with Gasteiger partial charge in [-0.1, -0.05) is 25.3 Å². The van der Waals surface area contributed by atoms with Crippen molar-refractivity contribution in [3.63, 3.8) is 0 Å².